The van der Waals surface area contributed by atoms with E-state index in [0.717, 1.165) is 5.56 Å². The SMILES string of the molecule is Cc1ccc(S(=O)(=O)NCCNC(=O)c2ccoc2C)cc1. The standard InChI is InChI=1S/C15H18N2O4S/c1-11-3-5-13(6-4-11)22(19,20)17-9-8-16-15(18)14-7-10-21-12(14)2/h3-7,10,17H,8-9H2,1-2H3,(H,16,18). The molecule has 0 aliphatic rings. The Balaban J connectivity index is 1.84. The minimum atomic E-state index is -3.56. The zero-order valence-electron chi connectivity index (χ0n) is 12.4. The smallest absolute Gasteiger partial charge is 0.254 e. The van der Waals surface area contributed by atoms with E-state index in [1.54, 1.807) is 37.3 Å². The zero-order chi connectivity index (χ0) is 16.2. The van der Waals surface area contributed by atoms with E-state index < -0.39 is 10.0 Å². The van der Waals surface area contributed by atoms with Crippen molar-refractivity contribution in [2.75, 3.05) is 13.1 Å². The topological polar surface area (TPSA) is 88.4 Å². The first-order valence-electron chi connectivity index (χ1n) is 6.79. The van der Waals surface area contributed by atoms with E-state index in [9.17, 15) is 13.2 Å². The number of aryl methyl sites for hydroxylation is 2. The van der Waals surface area contributed by atoms with E-state index in [0.29, 0.717) is 11.3 Å². The van der Waals surface area contributed by atoms with Crippen molar-refractivity contribution >= 4 is 15.9 Å². The predicted octanol–water partition coefficient (Wildman–Crippen LogP) is 1.60. The lowest BCUT2D eigenvalue weighted by Crippen LogP contribution is -2.34. The van der Waals surface area contributed by atoms with Crippen molar-refractivity contribution < 1.29 is 17.6 Å². The van der Waals surface area contributed by atoms with Gasteiger partial charge in [-0.2, -0.15) is 0 Å². The van der Waals surface area contributed by atoms with Crippen LogP contribution in [0.25, 0.3) is 0 Å². The van der Waals surface area contributed by atoms with Crippen LogP contribution < -0.4 is 10.0 Å². The molecule has 0 atom stereocenters. The van der Waals surface area contributed by atoms with Crippen molar-refractivity contribution in [1.29, 1.82) is 0 Å². The van der Waals surface area contributed by atoms with Crippen molar-refractivity contribution in [2.45, 2.75) is 18.7 Å². The van der Waals surface area contributed by atoms with E-state index in [2.05, 4.69) is 10.0 Å². The van der Waals surface area contributed by atoms with Crippen LogP contribution in [0.4, 0.5) is 0 Å². The molecule has 0 saturated heterocycles. The lowest BCUT2D eigenvalue weighted by molar-refractivity contribution is 0.0953. The average molecular weight is 322 g/mol. The minimum Gasteiger partial charge on any atom is -0.469 e. The van der Waals surface area contributed by atoms with E-state index in [-0.39, 0.29) is 23.9 Å². The molecular weight excluding hydrogens is 304 g/mol. The highest BCUT2D eigenvalue weighted by atomic mass is 32.2. The van der Waals surface area contributed by atoms with Crippen LogP contribution in [0.5, 0.6) is 0 Å². The summed E-state index contributed by atoms with van der Waals surface area (Å²) in [4.78, 5) is 12.0. The molecule has 0 bridgehead atoms. The number of sulfonamides is 1. The fourth-order valence-electron chi connectivity index (χ4n) is 1.88. The first kappa shape index (κ1) is 16.3. The molecule has 1 heterocycles. The van der Waals surface area contributed by atoms with Gasteiger partial charge in [0.25, 0.3) is 5.91 Å². The number of nitrogens with one attached hydrogen (secondary N) is 2. The van der Waals surface area contributed by atoms with Gasteiger partial charge in [-0.15, -0.1) is 0 Å². The van der Waals surface area contributed by atoms with Crippen molar-refractivity contribution in [3.63, 3.8) is 0 Å². The molecule has 0 radical (unpaired) electrons. The highest BCUT2D eigenvalue weighted by molar-refractivity contribution is 7.89. The van der Waals surface area contributed by atoms with Gasteiger partial charge < -0.3 is 9.73 Å². The van der Waals surface area contributed by atoms with Crippen molar-refractivity contribution in [2.24, 2.45) is 0 Å². The van der Waals surface area contributed by atoms with Crippen LogP contribution in [0.3, 0.4) is 0 Å². The summed E-state index contributed by atoms with van der Waals surface area (Å²) in [6.45, 7) is 3.87. The molecule has 0 spiro atoms. The number of benzene rings is 1. The number of amides is 1. The maximum absolute atomic E-state index is 12.0. The van der Waals surface area contributed by atoms with Crippen LogP contribution >= 0.6 is 0 Å². The highest BCUT2D eigenvalue weighted by Gasteiger charge is 2.14. The Morgan fingerprint density at radius 1 is 1.09 bits per heavy atom. The van der Waals surface area contributed by atoms with Crippen molar-refractivity contribution in [3.8, 4) is 0 Å². The van der Waals surface area contributed by atoms with Gasteiger partial charge in [0.05, 0.1) is 16.7 Å². The Bertz CT molecular complexity index is 748. The number of carbonyl (C=O) groups excluding carboxylic acids is 1. The van der Waals surface area contributed by atoms with Gasteiger partial charge in [0.15, 0.2) is 0 Å². The molecule has 0 aliphatic carbocycles. The molecule has 118 valence electrons. The fraction of sp³-hybridized carbons (Fsp3) is 0.267. The average Bonchev–Trinajstić information content (AvgIpc) is 2.90. The van der Waals surface area contributed by atoms with Gasteiger partial charge in [-0.3, -0.25) is 4.79 Å². The Morgan fingerprint density at radius 3 is 2.36 bits per heavy atom. The molecular formula is C15H18N2O4S. The first-order valence-corrected chi connectivity index (χ1v) is 8.27. The summed E-state index contributed by atoms with van der Waals surface area (Å²) in [7, 11) is -3.56. The molecule has 2 N–H and O–H groups in total. The molecule has 1 amide bonds. The van der Waals surface area contributed by atoms with Crippen LogP contribution in [0.2, 0.25) is 0 Å². The predicted molar refractivity (Wildman–Crippen MR) is 82.1 cm³/mol. The molecule has 2 aromatic rings. The van der Waals surface area contributed by atoms with Gasteiger partial charge in [-0.1, -0.05) is 17.7 Å². The van der Waals surface area contributed by atoms with E-state index in [1.807, 2.05) is 6.92 Å². The minimum absolute atomic E-state index is 0.110. The highest BCUT2D eigenvalue weighted by Crippen LogP contribution is 2.09. The molecule has 0 saturated carbocycles. The third kappa shape index (κ3) is 3.96. The Kier molecular flexibility index (Phi) is 4.99. The molecule has 2 rings (SSSR count). The van der Waals surface area contributed by atoms with Gasteiger partial charge in [0.1, 0.15) is 5.76 Å². The summed E-state index contributed by atoms with van der Waals surface area (Å²) >= 11 is 0. The zero-order valence-corrected chi connectivity index (χ0v) is 13.2. The molecule has 0 unspecified atom stereocenters. The Labute approximate surface area is 129 Å². The van der Waals surface area contributed by atoms with E-state index >= 15 is 0 Å². The van der Waals surface area contributed by atoms with E-state index in [1.165, 1.54) is 6.26 Å². The molecule has 1 aromatic carbocycles. The van der Waals surface area contributed by atoms with Gasteiger partial charge in [0.2, 0.25) is 10.0 Å². The van der Waals surface area contributed by atoms with Crippen LogP contribution in [-0.2, 0) is 10.0 Å². The van der Waals surface area contributed by atoms with Crippen LogP contribution in [0, 0.1) is 13.8 Å². The number of rotatable bonds is 6. The summed E-state index contributed by atoms with van der Waals surface area (Å²) in [5, 5.41) is 2.63. The molecule has 0 fully saturated rings. The Morgan fingerprint density at radius 2 is 1.77 bits per heavy atom. The van der Waals surface area contributed by atoms with E-state index in [4.69, 9.17) is 4.42 Å². The summed E-state index contributed by atoms with van der Waals surface area (Å²) in [6, 6.07) is 8.13. The number of hydrogen-bond acceptors (Lipinski definition) is 4. The van der Waals surface area contributed by atoms with Crippen LogP contribution in [0.15, 0.2) is 45.9 Å². The van der Waals surface area contributed by atoms with Crippen molar-refractivity contribution in [3.05, 3.63) is 53.5 Å². The van der Waals surface area contributed by atoms with Gasteiger partial charge in [0, 0.05) is 13.1 Å². The Hall–Kier alpha value is -2.12. The number of carbonyl (C=O) groups is 1. The lowest BCUT2D eigenvalue weighted by atomic mass is 10.2. The van der Waals surface area contributed by atoms with Crippen LogP contribution in [-0.4, -0.2) is 27.4 Å². The maximum atomic E-state index is 12.0. The van der Waals surface area contributed by atoms with Crippen LogP contribution in [0.1, 0.15) is 21.7 Å². The molecule has 22 heavy (non-hydrogen) atoms. The summed E-state index contributed by atoms with van der Waals surface area (Å²) in [5.74, 6) is 0.235. The second-order valence-corrected chi connectivity index (χ2v) is 6.62. The largest absolute Gasteiger partial charge is 0.469 e. The second kappa shape index (κ2) is 6.76. The molecule has 1 aromatic heterocycles. The molecule has 0 aliphatic heterocycles. The second-order valence-electron chi connectivity index (χ2n) is 4.86. The van der Waals surface area contributed by atoms with Gasteiger partial charge in [-0.25, -0.2) is 13.1 Å². The summed E-state index contributed by atoms with van der Waals surface area (Å²) in [5.41, 5.74) is 1.43. The number of hydrogen-bond donors (Lipinski definition) is 2. The van der Waals surface area contributed by atoms with Gasteiger partial charge >= 0.3 is 0 Å². The third-order valence-electron chi connectivity index (χ3n) is 3.14. The quantitative estimate of drug-likeness (QED) is 0.791. The summed E-state index contributed by atoms with van der Waals surface area (Å²) < 4.78 is 31.5. The lowest BCUT2D eigenvalue weighted by Gasteiger charge is -2.08. The fourth-order valence-corrected chi connectivity index (χ4v) is 2.91. The first-order chi connectivity index (χ1) is 10.4. The summed E-state index contributed by atoms with van der Waals surface area (Å²) in [6.07, 6.45) is 1.43. The van der Waals surface area contributed by atoms with Crippen molar-refractivity contribution in [1.82, 2.24) is 10.0 Å². The molecule has 6 nitrogen and oxygen atoms in total. The molecule has 7 heteroatoms. The third-order valence-corrected chi connectivity index (χ3v) is 4.61. The number of furan rings is 1. The maximum Gasteiger partial charge on any atom is 0.254 e. The monoisotopic (exact) mass is 322 g/mol. The van der Waals surface area contributed by atoms with Gasteiger partial charge in [-0.05, 0) is 32.0 Å². The normalized spacial score (nSPS) is 11.4.